The summed E-state index contributed by atoms with van der Waals surface area (Å²) < 4.78 is 0. The summed E-state index contributed by atoms with van der Waals surface area (Å²) in [6, 6.07) is 59.6. The SMILES string of the molecule is Nc1ccc(-c2c(-c3ccccc3)c(-c3ccccc3)c(-c3ccccc3)c(-c3ccccc3)c2-c2ccc(N)cc2)cc1. The molecular formula is C42H32N2. The highest BCUT2D eigenvalue weighted by Crippen LogP contribution is 2.55. The quantitative estimate of drug-likeness (QED) is 0.197. The van der Waals surface area contributed by atoms with E-state index in [0.29, 0.717) is 0 Å². The van der Waals surface area contributed by atoms with E-state index in [2.05, 4.69) is 146 Å². The van der Waals surface area contributed by atoms with Crippen LogP contribution < -0.4 is 11.5 Å². The molecule has 0 heterocycles. The lowest BCUT2D eigenvalue weighted by Crippen LogP contribution is -2.02. The van der Waals surface area contributed by atoms with E-state index < -0.39 is 0 Å². The minimum absolute atomic E-state index is 0.733. The summed E-state index contributed by atoms with van der Waals surface area (Å²) in [5.41, 5.74) is 27.8. The second kappa shape index (κ2) is 11.8. The van der Waals surface area contributed by atoms with E-state index in [-0.39, 0.29) is 0 Å². The molecule has 0 amide bonds. The van der Waals surface area contributed by atoms with E-state index in [1.54, 1.807) is 0 Å². The van der Waals surface area contributed by atoms with Crippen molar-refractivity contribution in [3.8, 4) is 66.8 Å². The molecular weight excluding hydrogens is 532 g/mol. The molecule has 210 valence electrons. The molecule has 4 N–H and O–H groups in total. The first kappa shape index (κ1) is 27.0. The van der Waals surface area contributed by atoms with Crippen LogP contribution in [0.2, 0.25) is 0 Å². The minimum atomic E-state index is 0.733. The van der Waals surface area contributed by atoms with Crippen molar-refractivity contribution in [3.05, 3.63) is 170 Å². The summed E-state index contributed by atoms with van der Waals surface area (Å²) in [6.07, 6.45) is 0. The van der Waals surface area contributed by atoms with Crippen LogP contribution in [0, 0.1) is 0 Å². The Bertz CT molecular complexity index is 1860. The molecule has 0 unspecified atom stereocenters. The maximum absolute atomic E-state index is 6.25. The van der Waals surface area contributed by atoms with Gasteiger partial charge in [0.15, 0.2) is 0 Å². The first-order valence-corrected chi connectivity index (χ1v) is 14.9. The normalized spacial score (nSPS) is 10.9. The molecule has 7 aromatic rings. The molecule has 0 saturated heterocycles. The molecule has 0 fully saturated rings. The van der Waals surface area contributed by atoms with Crippen molar-refractivity contribution in [2.45, 2.75) is 0 Å². The van der Waals surface area contributed by atoms with Crippen molar-refractivity contribution < 1.29 is 0 Å². The summed E-state index contributed by atoms with van der Waals surface area (Å²) in [4.78, 5) is 0. The Morgan fingerprint density at radius 2 is 0.386 bits per heavy atom. The average Bonchev–Trinajstić information content (AvgIpc) is 3.09. The third-order valence-electron chi connectivity index (χ3n) is 8.15. The lowest BCUT2D eigenvalue weighted by Gasteiger charge is -2.28. The zero-order chi connectivity index (χ0) is 29.9. The number of rotatable bonds is 6. The fourth-order valence-electron chi connectivity index (χ4n) is 6.20. The Morgan fingerprint density at radius 3 is 0.591 bits per heavy atom. The first-order valence-electron chi connectivity index (χ1n) is 14.9. The summed E-state index contributed by atoms with van der Waals surface area (Å²) in [6.45, 7) is 0. The van der Waals surface area contributed by atoms with Gasteiger partial charge in [-0.05, 0) is 91.0 Å². The summed E-state index contributed by atoms with van der Waals surface area (Å²) in [7, 11) is 0. The molecule has 0 aliphatic rings. The molecule has 7 rings (SSSR count). The van der Waals surface area contributed by atoms with Gasteiger partial charge in [-0.1, -0.05) is 146 Å². The van der Waals surface area contributed by atoms with Gasteiger partial charge in [-0.25, -0.2) is 0 Å². The van der Waals surface area contributed by atoms with Crippen LogP contribution in [0.4, 0.5) is 11.4 Å². The predicted molar refractivity (Wildman–Crippen MR) is 188 cm³/mol. The maximum atomic E-state index is 6.25. The van der Waals surface area contributed by atoms with Crippen LogP contribution in [0.5, 0.6) is 0 Å². The lowest BCUT2D eigenvalue weighted by molar-refractivity contribution is 1.51. The van der Waals surface area contributed by atoms with Crippen molar-refractivity contribution in [3.63, 3.8) is 0 Å². The van der Waals surface area contributed by atoms with Gasteiger partial charge < -0.3 is 11.5 Å². The van der Waals surface area contributed by atoms with E-state index in [0.717, 1.165) is 55.9 Å². The van der Waals surface area contributed by atoms with Gasteiger partial charge in [0, 0.05) is 11.4 Å². The molecule has 0 radical (unpaired) electrons. The predicted octanol–water partition coefficient (Wildman–Crippen LogP) is 10.9. The second-order valence-corrected chi connectivity index (χ2v) is 11.0. The fraction of sp³-hybridized carbons (Fsp3) is 0. The van der Waals surface area contributed by atoms with Gasteiger partial charge in [0.2, 0.25) is 0 Å². The summed E-state index contributed by atoms with van der Waals surface area (Å²) in [5, 5.41) is 0. The molecule has 0 aromatic heterocycles. The lowest BCUT2D eigenvalue weighted by atomic mass is 9.74. The number of benzene rings is 7. The molecule has 0 saturated carbocycles. The number of anilines is 2. The molecule has 0 spiro atoms. The highest BCUT2D eigenvalue weighted by Gasteiger charge is 2.28. The highest BCUT2D eigenvalue weighted by molar-refractivity contribution is 6.15. The number of nitrogens with two attached hydrogens (primary N) is 2. The molecule has 0 aliphatic heterocycles. The number of hydrogen-bond acceptors (Lipinski definition) is 2. The topological polar surface area (TPSA) is 52.0 Å². The van der Waals surface area contributed by atoms with E-state index in [1.165, 1.54) is 22.3 Å². The molecule has 2 heteroatoms. The summed E-state index contributed by atoms with van der Waals surface area (Å²) >= 11 is 0. The zero-order valence-electron chi connectivity index (χ0n) is 24.3. The fourth-order valence-corrected chi connectivity index (χ4v) is 6.20. The second-order valence-electron chi connectivity index (χ2n) is 11.0. The Hall–Kier alpha value is -5.86. The first-order chi connectivity index (χ1) is 21.7. The van der Waals surface area contributed by atoms with E-state index in [4.69, 9.17) is 11.5 Å². The molecule has 0 bridgehead atoms. The van der Waals surface area contributed by atoms with Crippen LogP contribution in [0.3, 0.4) is 0 Å². The maximum Gasteiger partial charge on any atom is 0.0314 e. The van der Waals surface area contributed by atoms with Gasteiger partial charge in [-0.15, -0.1) is 0 Å². The molecule has 0 aliphatic carbocycles. The van der Waals surface area contributed by atoms with Crippen molar-refractivity contribution in [1.82, 2.24) is 0 Å². The number of nitrogen functional groups attached to an aromatic ring is 2. The largest absolute Gasteiger partial charge is 0.399 e. The number of hydrogen-bond donors (Lipinski definition) is 2. The van der Waals surface area contributed by atoms with Gasteiger partial charge >= 0.3 is 0 Å². The monoisotopic (exact) mass is 564 g/mol. The smallest absolute Gasteiger partial charge is 0.0314 e. The van der Waals surface area contributed by atoms with Gasteiger partial charge in [-0.3, -0.25) is 0 Å². The Balaban J connectivity index is 1.81. The Morgan fingerprint density at radius 1 is 0.205 bits per heavy atom. The van der Waals surface area contributed by atoms with Gasteiger partial charge in [-0.2, -0.15) is 0 Å². The van der Waals surface area contributed by atoms with Crippen molar-refractivity contribution in [2.75, 3.05) is 11.5 Å². The molecule has 0 atom stereocenters. The molecule has 7 aromatic carbocycles. The van der Waals surface area contributed by atoms with Crippen LogP contribution in [0.25, 0.3) is 66.8 Å². The molecule has 2 nitrogen and oxygen atoms in total. The van der Waals surface area contributed by atoms with Crippen molar-refractivity contribution in [1.29, 1.82) is 0 Å². The highest BCUT2D eigenvalue weighted by atomic mass is 14.5. The third-order valence-corrected chi connectivity index (χ3v) is 8.15. The molecule has 44 heavy (non-hydrogen) atoms. The van der Waals surface area contributed by atoms with E-state index >= 15 is 0 Å². The summed E-state index contributed by atoms with van der Waals surface area (Å²) in [5.74, 6) is 0. The standard InChI is InChI=1S/C42H32N2/c43-35-25-21-33(22-26-35)41-39(31-17-9-3-10-18-31)37(29-13-5-1-6-14-29)38(30-15-7-2-8-16-30)40(32-19-11-4-12-20-32)42(41)34-23-27-36(44)28-24-34/h1-28H,43-44H2. The Kier molecular flexibility index (Phi) is 7.24. The van der Waals surface area contributed by atoms with Gasteiger partial charge in [0.25, 0.3) is 0 Å². The van der Waals surface area contributed by atoms with Gasteiger partial charge in [0.05, 0.1) is 0 Å². The van der Waals surface area contributed by atoms with Crippen LogP contribution in [0.15, 0.2) is 170 Å². The van der Waals surface area contributed by atoms with Crippen LogP contribution in [0.1, 0.15) is 0 Å². The average molecular weight is 565 g/mol. The van der Waals surface area contributed by atoms with Gasteiger partial charge in [0.1, 0.15) is 0 Å². The Labute approximate surface area is 258 Å². The van der Waals surface area contributed by atoms with Crippen molar-refractivity contribution in [2.24, 2.45) is 0 Å². The van der Waals surface area contributed by atoms with Crippen LogP contribution >= 0.6 is 0 Å². The van der Waals surface area contributed by atoms with E-state index in [9.17, 15) is 0 Å². The van der Waals surface area contributed by atoms with E-state index in [1.807, 2.05) is 24.3 Å². The van der Waals surface area contributed by atoms with Crippen molar-refractivity contribution >= 4 is 11.4 Å². The zero-order valence-corrected chi connectivity index (χ0v) is 24.3. The van der Waals surface area contributed by atoms with Crippen LogP contribution in [-0.4, -0.2) is 0 Å². The minimum Gasteiger partial charge on any atom is -0.399 e. The third kappa shape index (κ3) is 5.04. The van der Waals surface area contributed by atoms with Crippen LogP contribution in [-0.2, 0) is 0 Å².